The molecule has 5 heteroatoms. The van der Waals surface area contributed by atoms with Crippen molar-refractivity contribution in [3.05, 3.63) is 76.3 Å². The van der Waals surface area contributed by atoms with Gasteiger partial charge in [0.1, 0.15) is 0 Å². The molecule has 0 radical (unpaired) electrons. The van der Waals surface area contributed by atoms with Crippen LogP contribution in [0.2, 0.25) is 5.02 Å². The highest BCUT2D eigenvalue weighted by atomic mass is 35.5. The van der Waals surface area contributed by atoms with E-state index in [0.29, 0.717) is 6.04 Å². The number of carbonyl (C=O) groups excluding carboxylic acids is 1. The number of carbonyl (C=O) groups is 1. The van der Waals surface area contributed by atoms with Gasteiger partial charge in [-0.25, -0.2) is 5.48 Å². The van der Waals surface area contributed by atoms with Crippen LogP contribution < -0.4 is 10.8 Å². The molecule has 2 aromatic rings. The fraction of sp³-hybridized carbons (Fsp3) is 0.190. The maximum Gasteiger partial charge on any atom is 0.267 e. The largest absolute Gasteiger partial charge is 0.310 e. The third-order valence-corrected chi connectivity index (χ3v) is 4.40. The third kappa shape index (κ3) is 5.56. The van der Waals surface area contributed by atoms with Gasteiger partial charge in [-0.2, -0.15) is 0 Å². The molecule has 1 aliphatic rings. The first-order chi connectivity index (χ1) is 12.6. The van der Waals surface area contributed by atoms with E-state index in [0.717, 1.165) is 28.3 Å². The first-order valence-electron chi connectivity index (χ1n) is 8.56. The Bertz CT molecular complexity index is 824. The highest BCUT2D eigenvalue weighted by molar-refractivity contribution is 6.30. The molecule has 1 saturated carbocycles. The fourth-order valence-electron chi connectivity index (χ4n) is 2.58. The van der Waals surface area contributed by atoms with Gasteiger partial charge in [-0.3, -0.25) is 10.0 Å². The summed E-state index contributed by atoms with van der Waals surface area (Å²) in [5.74, 6) is -0.552. The molecule has 0 bridgehead atoms. The van der Waals surface area contributed by atoms with Crippen molar-refractivity contribution in [3.8, 4) is 0 Å². The van der Waals surface area contributed by atoms with E-state index in [4.69, 9.17) is 16.8 Å². The molecular formula is C21H21ClN2O2. The SMILES string of the molecule is O=C(C=Cc1ccc(/C=C(/CNC2CC2)c2cccc(Cl)c2)cc1)NO. The lowest BCUT2D eigenvalue weighted by molar-refractivity contribution is -0.124. The molecule has 26 heavy (non-hydrogen) atoms. The van der Waals surface area contributed by atoms with Gasteiger partial charge >= 0.3 is 0 Å². The first kappa shape index (κ1) is 18.4. The van der Waals surface area contributed by atoms with Crippen molar-refractivity contribution in [1.29, 1.82) is 0 Å². The van der Waals surface area contributed by atoms with Gasteiger partial charge in [0.15, 0.2) is 0 Å². The third-order valence-electron chi connectivity index (χ3n) is 4.17. The van der Waals surface area contributed by atoms with Gasteiger partial charge < -0.3 is 5.32 Å². The van der Waals surface area contributed by atoms with E-state index in [1.54, 1.807) is 11.6 Å². The number of halogens is 1. The van der Waals surface area contributed by atoms with Gasteiger partial charge in [0.2, 0.25) is 0 Å². The number of hydrogen-bond donors (Lipinski definition) is 3. The molecule has 0 aliphatic heterocycles. The van der Waals surface area contributed by atoms with Crippen LogP contribution in [0.3, 0.4) is 0 Å². The lowest BCUT2D eigenvalue weighted by Crippen LogP contribution is -2.18. The minimum Gasteiger partial charge on any atom is -0.310 e. The highest BCUT2D eigenvalue weighted by Gasteiger charge is 2.20. The average molecular weight is 369 g/mol. The number of hydrogen-bond acceptors (Lipinski definition) is 3. The lowest BCUT2D eigenvalue weighted by atomic mass is 10.0. The molecule has 2 aromatic carbocycles. The summed E-state index contributed by atoms with van der Waals surface area (Å²) in [4.78, 5) is 11.0. The lowest BCUT2D eigenvalue weighted by Gasteiger charge is -2.10. The zero-order valence-electron chi connectivity index (χ0n) is 14.3. The van der Waals surface area contributed by atoms with Gasteiger partial charge in [0.05, 0.1) is 0 Å². The molecule has 1 aliphatic carbocycles. The van der Waals surface area contributed by atoms with Crippen molar-refractivity contribution >= 4 is 35.2 Å². The molecule has 3 N–H and O–H groups in total. The van der Waals surface area contributed by atoms with Crippen LogP contribution in [0.4, 0.5) is 0 Å². The number of hydroxylamine groups is 1. The van der Waals surface area contributed by atoms with Crippen LogP contribution in [-0.4, -0.2) is 23.7 Å². The van der Waals surface area contributed by atoms with Crippen LogP contribution >= 0.6 is 11.6 Å². The zero-order chi connectivity index (χ0) is 18.4. The van der Waals surface area contributed by atoms with Gasteiger partial charge in [-0.15, -0.1) is 0 Å². The Balaban J connectivity index is 1.79. The van der Waals surface area contributed by atoms with E-state index in [1.165, 1.54) is 24.5 Å². The van der Waals surface area contributed by atoms with Crippen molar-refractivity contribution in [3.63, 3.8) is 0 Å². The molecule has 0 heterocycles. The Morgan fingerprint density at radius 1 is 1.15 bits per heavy atom. The summed E-state index contributed by atoms with van der Waals surface area (Å²) < 4.78 is 0. The predicted molar refractivity (Wildman–Crippen MR) is 106 cm³/mol. The molecule has 3 rings (SSSR count). The van der Waals surface area contributed by atoms with Crippen LogP contribution in [0.5, 0.6) is 0 Å². The number of amides is 1. The maximum atomic E-state index is 11.0. The maximum absolute atomic E-state index is 11.0. The van der Waals surface area contributed by atoms with Crippen LogP contribution in [0.15, 0.2) is 54.6 Å². The van der Waals surface area contributed by atoms with E-state index in [-0.39, 0.29) is 0 Å². The first-order valence-corrected chi connectivity index (χ1v) is 8.94. The summed E-state index contributed by atoms with van der Waals surface area (Å²) in [5, 5.41) is 12.8. The second-order valence-electron chi connectivity index (χ2n) is 6.31. The zero-order valence-corrected chi connectivity index (χ0v) is 15.0. The van der Waals surface area contributed by atoms with Crippen LogP contribution in [0, 0.1) is 0 Å². The minimum atomic E-state index is -0.552. The molecule has 134 valence electrons. The molecule has 0 unspecified atom stereocenters. The van der Waals surface area contributed by atoms with Crippen molar-refractivity contribution in [2.45, 2.75) is 18.9 Å². The van der Waals surface area contributed by atoms with E-state index in [1.807, 2.05) is 42.5 Å². The van der Waals surface area contributed by atoms with E-state index in [2.05, 4.69) is 17.5 Å². The molecule has 1 amide bonds. The van der Waals surface area contributed by atoms with Gasteiger partial charge in [-0.1, -0.05) is 48.0 Å². The topological polar surface area (TPSA) is 61.4 Å². The van der Waals surface area contributed by atoms with Crippen molar-refractivity contribution in [2.75, 3.05) is 6.54 Å². The Hall–Kier alpha value is -2.40. The standard InChI is InChI=1S/C21H21ClN2O2/c22-19-3-1-2-17(13-19)18(14-23-20-9-10-20)12-16-6-4-15(5-7-16)8-11-21(25)24-26/h1-8,11-13,20,23,26H,9-10,14H2,(H,24,25)/b11-8?,18-12-. The Labute approximate surface area is 158 Å². The monoisotopic (exact) mass is 368 g/mol. The van der Waals surface area contributed by atoms with E-state index in [9.17, 15) is 4.79 Å². The van der Waals surface area contributed by atoms with Crippen molar-refractivity contribution in [2.24, 2.45) is 0 Å². The van der Waals surface area contributed by atoms with E-state index < -0.39 is 5.91 Å². The number of nitrogens with one attached hydrogen (secondary N) is 2. The molecule has 1 fully saturated rings. The average Bonchev–Trinajstić information content (AvgIpc) is 3.48. The molecule has 0 atom stereocenters. The summed E-state index contributed by atoms with van der Waals surface area (Å²) in [6.45, 7) is 0.795. The summed E-state index contributed by atoms with van der Waals surface area (Å²) in [5.41, 5.74) is 5.81. The Morgan fingerprint density at radius 3 is 2.54 bits per heavy atom. The number of benzene rings is 2. The predicted octanol–water partition coefficient (Wildman–Crippen LogP) is 4.15. The van der Waals surface area contributed by atoms with E-state index >= 15 is 0 Å². The quantitative estimate of drug-likeness (QED) is 0.298. The summed E-state index contributed by atoms with van der Waals surface area (Å²) >= 11 is 6.15. The second-order valence-corrected chi connectivity index (χ2v) is 6.75. The van der Waals surface area contributed by atoms with Gasteiger partial charge in [0.25, 0.3) is 5.91 Å². The highest BCUT2D eigenvalue weighted by Crippen LogP contribution is 2.24. The summed E-state index contributed by atoms with van der Waals surface area (Å²) in [6, 6.07) is 16.4. The number of rotatable bonds is 7. The smallest absolute Gasteiger partial charge is 0.267 e. The van der Waals surface area contributed by atoms with Crippen molar-refractivity contribution < 1.29 is 10.0 Å². The molecule has 0 saturated heterocycles. The second kappa shape index (κ2) is 8.81. The van der Waals surface area contributed by atoms with Gasteiger partial charge in [-0.05, 0) is 59.4 Å². The molecule has 0 spiro atoms. The van der Waals surface area contributed by atoms with Gasteiger partial charge in [0, 0.05) is 23.7 Å². The van der Waals surface area contributed by atoms with Crippen LogP contribution in [-0.2, 0) is 4.79 Å². The summed E-state index contributed by atoms with van der Waals surface area (Å²) in [7, 11) is 0. The van der Waals surface area contributed by atoms with Crippen LogP contribution in [0.1, 0.15) is 29.5 Å². The summed E-state index contributed by atoms with van der Waals surface area (Å²) in [6.07, 6.45) is 7.55. The molecular weight excluding hydrogens is 348 g/mol. The Kier molecular flexibility index (Phi) is 6.23. The Morgan fingerprint density at radius 2 is 1.88 bits per heavy atom. The minimum absolute atomic E-state index is 0.552. The normalized spacial score (nSPS) is 14.6. The fourth-order valence-corrected chi connectivity index (χ4v) is 2.77. The molecule has 0 aromatic heterocycles. The molecule has 4 nitrogen and oxygen atoms in total. The van der Waals surface area contributed by atoms with Crippen LogP contribution in [0.25, 0.3) is 17.7 Å². The van der Waals surface area contributed by atoms with Crippen molar-refractivity contribution in [1.82, 2.24) is 10.8 Å².